The minimum atomic E-state index is 0.323. The summed E-state index contributed by atoms with van der Waals surface area (Å²) in [6.45, 7) is 5.53. The fourth-order valence-electron chi connectivity index (χ4n) is 3.48. The van der Waals surface area contributed by atoms with Crippen molar-refractivity contribution in [2.24, 2.45) is 5.73 Å². The summed E-state index contributed by atoms with van der Waals surface area (Å²) in [4.78, 5) is 5.21. The molecule has 1 aromatic heterocycles. The maximum Gasteiger partial charge on any atom is 0.0950 e. The molecule has 0 aliphatic carbocycles. The molecule has 0 spiro atoms. The molecule has 2 unspecified atom stereocenters. The molecule has 2 atom stereocenters. The molecule has 2 aliphatic heterocycles. The molecular weight excluding hydrogens is 226 g/mol. The van der Waals surface area contributed by atoms with E-state index in [9.17, 15) is 0 Å². The Morgan fingerprint density at radius 2 is 2.22 bits per heavy atom. The molecule has 0 aromatic carbocycles. The fraction of sp³-hybridized carbons (Fsp3) is 0.714. The molecule has 4 heteroatoms. The summed E-state index contributed by atoms with van der Waals surface area (Å²) in [6, 6.07) is 3.12. The largest absolute Gasteiger partial charge is 0.472 e. The Bertz CT molecular complexity index is 365. The van der Waals surface area contributed by atoms with Crippen molar-refractivity contribution in [3.05, 3.63) is 24.2 Å². The van der Waals surface area contributed by atoms with Gasteiger partial charge in [-0.05, 0) is 38.4 Å². The Balaban J connectivity index is 1.73. The predicted molar refractivity (Wildman–Crippen MR) is 71.3 cm³/mol. The molecule has 2 N–H and O–H groups in total. The highest BCUT2D eigenvalue weighted by Gasteiger charge is 2.31. The standard InChI is InChI=1S/C14H23N3O/c15-9-14(12-4-8-18-11-12)17-7-2-6-16-5-1-3-13(16)10-17/h4,8,11,13-14H,1-3,5-7,9-10,15H2. The van der Waals surface area contributed by atoms with Gasteiger partial charge in [-0.3, -0.25) is 9.80 Å². The number of furan rings is 1. The van der Waals surface area contributed by atoms with Crippen LogP contribution in [-0.2, 0) is 0 Å². The number of hydrogen-bond donors (Lipinski definition) is 1. The van der Waals surface area contributed by atoms with E-state index in [2.05, 4.69) is 15.9 Å². The summed E-state index contributed by atoms with van der Waals surface area (Å²) in [5.74, 6) is 0. The summed E-state index contributed by atoms with van der Waals surface area (Å²) in [6.07, 6.45) is 7.55. The lowest BCUT2D eigenvalue weighted by Gasteiger charge is -2.31. The van der Waals surface area contributed by atoms with E-state index in [1.165, 1.54) is 37.9 Å². The molecule has 18 heavy (non-hydrogen) atoms. The van der Waals surface area contributed by atoms with Crippen molar-refractivity contribution in [1.82, 2.24) is 9.80 Å². The summed E-state index contributed by atoms with van der Waals surface area (Å²) >= 11 is 0. The lowest BCUT2D eigenvalue weighted by molar-refractivity contribution is 0.175. The topological polar surface area (TPSA) is 45.6 Å². The van der Waals surface area contributed by atoms with Gasteiger partial charge < -0.3 is 10.2 Å². The predicted octanol–water partition coefficient (Wildman–Crippen LogP) is 1.45. The van der Waals surface area contributed by atoms with Crippen LogP contribution in [-0.4, -0.2) is 48.6 Å². The zero-order valence-electron chi connectivity index (χ0n) is 10.9. The Kier molecular flexibility index (Phi) is 3.68. The van der Waals surface area contributed by atoms with Gasteiger partial charge in [0.15, 0.2) is 0 Å². The van der Waals surface area contributed by atoms with Gasteiger partial charge in [-0.2, -0.15) is 0 Å². The van der Waals surface area contributed by atoms with Crippen LogP contribution in [0.2, 0.25) is 0 Å². The molecule has 100 valence electrons. The van der Waals surface area contributed by atoms with Crippen molar-refractivity contribution in [1.29, 1.82) is 0 Å². The highest BCUT2D eigenvalue weighted by atomic mass is 16.3. The van der Waals surface area contributed by atoms with E-state index < -0.39 is 0 Å². The van der Waals surface area contributed by atoms with Crippen LogP contribution in [0.3, 0.4) is 0 Å². The van der Waals surface area contributed by atoms with E-state index in [1.54, 1.807) is 6.26 Å². The third-order valence-corrected chi connectivity index (χ3v) is 4.43. The zero-order chi connectivity index (χ0) is 12.4. The summed E-state index contributed by atoms with van der Waals surface area (Å²) < 4.78 is 5.21. The molecular formula is C14H23N3O. The molecule has 0 bridgehead atoms. The second-order valence-corrected chi connectivity index (χ2v) is 5.49. The van der Waals surface area contributed by atoms with Gasteiger partial charge in [0.2, 0.25) is 0 Å². The van der Waals surface area contributed by atoms with E-state index in [0.29, 0.717) is 12.6 Å². The lowest BCUT2D eigenvalue weighted by Crippen LogP contribution is -2.40. The van der Waals surface area contributed by atoms with Crippen LogP contribution in [0, 0.1) is 0 Å². The first-order valence-electron chi connectivity index (χ1n) is 7.09. The molecule has 0 radical (unpaired) electrons. The first-order chi connectivity index (χ1) is 8.88. The molecule has 0 amide bonds. The minimum Gasteiger partial charge on any atom is -0.472 e. The van der Waals surface area contributed by atoms with Crippen LogP contribution in [0.1, 0.15) is 30.9 Å². The van der Waals surface area contributed by atoms with Crippen LogP contribution in [0.15, 0.2) is 23.0 Å². The highest BCUT2D eigenvalue weighted by molar-refractivity contribution is 5.12. The Morgan fingerprint density at radius 3 is 3.00 bits per heavy atom. The van der Waals surface area contributed by atoms with E-state index in [4.69, 9.17) is 10.2 Å². The quantitative estimate of drug-likeness (QED) is 0.880. The van der Waals surface area contributed by atoms with Crippen molar-refractivity contribution in [3.8, 4) is 0 Å². The second-order valence-electron chi connectivity index (χ2n) is 5.49. The fourth-order valence-corrected chi connectivity index (χ4v) is 3.48. The van der Waals surface area contributed by atoms with Crippen molar-refractivity contribution in [2.45, 2.75) is 31.3 Å². The number of nitrogens with zero attached hydrogens (tertiary/aromatic N) is 2. The lowest BCUT2D eigenvalue weighted by atomic mass is 10.1. The van der Waals surface area contributed by atoms with E-state index >= 15 is 0 Å². The smallest absolute Gasteiger partial charge is 0.0950 e. The summed E-state index contributed by atoms with van der Waals surface area (Å²) in [7, 11) is 0. The number of nitrogens with two attached hydrogens (primary N) is 1. The third kappa shape index (κ3) is 2.32. The van der Waals surface area contributed by atoms with E-state index in [0.717, 1.165) is 19.1 Å². The molecule has 1 aromatic rings. The summed E-state index contributed by atoms with van der Waals surface area (Å²) in [5, 5.41) is 0. The van der Waals surface area contributed by atoms with Crippen LogP contribution in [0.4, 0.5) is 0 Å². The van der Waals surface area contributed by atoms with Gasteiger partial charge in [0, 0.05) is 31.2 Å². The summed E-state index contributed by atoms with van der Waals surface area (Å²) in [5.41, 5.74) is 7.21. The van der Waals surface area contributed by atoms with Crippen LogP contribution in [0.5, 0.6) is 0 Å². The van der Waals surface area contributed by atoms with Crippen molar-refractivity contribution in [2.75, 3.05) is 32.7 Å². The van der Waals surface area contributed by atoms with Crippen molar-refractivity contribution >= 4 is 0 Å². The minimum absolute atomic E-state index is 0.323. The third-order valence-electron chi connectivity index (χ3n) is 4.43. The van der Waals surface area contributed by atoms with Crippen molar-refractivity contribution in [3.63, 3.8) is 0 Å². The Hall–Kier alpha value is -0.840. The van der Waals surface area contributed by atoms with Gasteiger partial charge in [0.05, 0.1) is 18.6 Å². The number of fused-ring (bicyclic) bond motifs is 1. The molecule has 4 nitrogen and oxygen atoms in total. The van der Waals surface area contributed by atoms with E-state index in [-0.39, 0.29) is 0 Å². The molecule has 2 aliphatic rings. The first kappa shape index (κ1) is 12.2. The monoisotopic (exact) mass is 249 g/mol. The second kappa shape index (κ2) is 5.43. The van der Waals surface area contributed by atoms with Gasteiger partial charge in [0.1, 0.15) is 0 Å². The van der Waals surface area contributed by atoms with Gasteiger partial charge in [-0.15, -0.1) is 0 Å². The molecule has 2 fully saturated rings. The SMILES string of the molecule is NCC(c1ccoc1)N1CCCN2CCCC2C1. The maximum atomic E-state index is 5.99. The number of hydrogen-bond acceptors (Lipinski definition) is 4. The Labute approximate surface area is 109 Å². The Morgan fingerprint density at radius 1 is 1.33 bits per heavy atom. The van der Waals surface area contributed by atoms with Gasteiger partial charge in [0.25, 0.3) is 0 Å². The molecule has 0 saturated carbocycles. The van der Waals surface area contributed by atoms with Crippen molar-refractivity contribution < 1.29 is 4.42 Å². The highest BCUT2D eigenvalue weighted by Crippen LogP contribution is 2.27. The average Bonchev–Trinajstić information content (AvgIpc) is 3.00. The van der Waals surface area contributed by atoms with Crippen LogP contribution in [0.25, 0.3) is 0 Å². The zero-order valence-corrected chi connectivity index (χ0v) is 10.9. The maximum absolute atomic E-state index is 5.99. The van der Waals surface area contributed by atoms with Crippen LogP contribution < -0.4 is 5.73 Å². The van der Waals surface area contributed by atoms with E-state index in [1.807, 2.05) is 6.26 Å². The molecule has 2 saturated heterocycles. The normalized spacial score (nSPS) is 27.9. The molecule has 3 heterocycles. The average molecular weight is 249 g/mol. The van der Waals surface area contributed by atoms with Gasteiger partial charge in [-0.1, -0.05) is 0 Å². The van der Waals surface area contributed by atoms with Gasteiger partial charge in [-0.25, -0.2) is 0 Å². The van der Waals surface area contributed by atoms with Gasteiger partial charge >= 0.3 is 0 Å². The first-order valence-corrected chi connectivity index (χ1v) is 7.09. The van der Waals surface area contributed by atoms with Crippen LogP contribution >= 0.6 is 0 Å². The number of rotatable bonds is 3. The molecule has 3 rings (SSSR count).